The molecule has 0 heterocycles. The second-order valence-corrected chi connectivity index (χ2v) is 9.67. The van der Waals surface area contributed by atoms with Crippen LogP contribution < -0.4 is 5.32 Å². The molecule has 150 valence electrons. The standard InChI is InChI=1S/C19H20Cl2N2O5/c20-13-1-2-15(23(26)27)14(4-13)22-16(24)9-28-17(25)18-5-11-3-12(6-18)8-19(21,7-11)10-18/h1-2,4,11-12H,3,5-10H2,(H,22,24). The molecule has 5 rings (SSSR count). The Labute approximate surface area is 171 Å². The Hall–Kier alpha value is -1.86. The molecule has 0 spiro atoms. The molecule has 4 fully saturated rings. The summed E-state index contributed by atoms with van der Waals surface area (Å²) in [5, 5.41) is 13.7. The summed E-state index contributed by atoms with van der Waals surface area (Å²) in [5.41, 5.74) is -0.920. The SMILES string of the molecule is O=C(COC(=O)C12CC3CC(CC(Cl)(C3)C1)C2)Nc1cc(Cl)ccc1[N+](=O)[O-]. The van der Waals surface area contributed by atoms with Gasteiger partial charge in [0.25, 0.3) is 11.6 Å². The van der Waals surface area contributed by atoms with E-state index in [1.165, 1.54) is 18.2 Å². The average molecular weight is 427 g/mol. The predicted molar refractivity (Wildman–Crippen MR) is 103 cm³/mol. The van der Waals surface area contributed by atoms with Crippen LogP contribution in [0.1, 0.15) is 38.5 Å². The van der Waals surface area contributed by atoms with Crippen LogP contribution in [-0.2, 0) is 14.3 Å². The smallest absolute Gasteiger partial charge is 0.312 e. The summed E-state index contributed by atoms with van der Waals surface area (Å²) in [6.45, 7) is -0.505. The number of hydrogen-bond acceptors (Lipinski definition) is 5. The number of esters is 1. The lowest BCUT2D eigenvalue weighted by Crippen LogP contribution is -2.56. The van der Waals surface area contributed by atoms with Crippen molar-refractivity contribution in [3.8, 4) is 0 Å². The fourth-order valence-electron chi connectivity index (χ4n) is 5.63. The summed E-state index contributed by atoms with van der Waals surface area (Å²) in [6.07, 6.45) is 5.12. The zero-order chi connectivity index (χ0) is 20.1. The third-order valence-corrected chi connectivity index (χ3v) is 6.86. The average Bonchev–Trinajstić information content (AvgIpc) is 2.57. The van der Waals surface area contributed by atoms with Crippen molar-refractivity contribution in [1.29, 1.82) is 0 Å². The van der Waals surface area contributed by atoms with Crippen molar-refractivity contribution in [3.63, 3.8) is 0 Å². The van der Waals surface area contributed by atoms with E-state index in [1.807, 2.05) is 0 Å². The van der Waals surface area contributed by atoms with Gasteiger partial charge in [0.15, 0.2) is 6.61 Å². The zero-order valence-electron chi connectivity index (χ0n) is 15.1. The molecule has 2 atom stereocenters. The van der Waals surface area contributed by atoms with Gasteiger partial charge in [-0.2, -0.15) is 0 Å². The Balaban J connectivity index is 1.40. The minimum Gasteiger partial charge on any atom is -0.455 e. The quantitative estimate of drug-likeness (QED) is 0.327. The number of nitro groups is 1. The number of ether oxygens (including phenoxy) is 1. The Morgan fingerprint density at radius 3 is 2.54 bits per heavy atom. The number of nitrogens with one attached hydrogen (secondary N) is 1. The van der Waals surface area contributed by atoms with E-state index in [9.17, 15) is 19.7 Å². The first-order valence-electron chi connectivity index (χ1n) is 9.28. The molecule has 1 aromatic carbocycles. The third kappa shape index (κ3) is 3.57. The van der Waals surface area contributed by atoms with Gasteiger partial charge in [-0.15, -0.1) is 11.6 Å². The molecule has 1 N–H and O–H groups in total. The fraction of sp³-hybridized carbons (Fsp3) is 0.579. The minimum absolute atomic E-state index is 0.0342. The van der Waals surface area contributed by atoms with E-state index in [4.69, 9.17) is 27.9 Å². The normalized spacial score (nSPS) is 32.8. The summed E-state index contributed by atoms with van der Waals surface area (Å²) in [4.78, 5) is 35.2. The number of hydrogen-bond donors (Lipinski definition) is 1. The van der Waals surface area contributed by atoms with E-state index in [-0.39, 0.29) is 27.2 Å². The summed E-state index contributed by atoms with van der Waals surface area (Å²) >= 11 is 12.6. The molecule has 4 saturated carbocycles. The number of nitrogens with zero attached hydrogens (tertiary/aromatic N) is 1. The van der Waals surface area contributed by atoms with Crippen LogP contribution in [0, 0.1) is 27.4 Å². The number of rotatable bonds is 5. The van der Waals surface area contributed by atoms with Crippen molar-refractivity contribution in [1.82, 2.24) is 0 Å². The maximum absolute atomic E-state index is 12.8. The highest BCUT2D eigenvalue weighted by Crippen LogP contribution is 2.64. The van der Waals surface area contributed by atoms with Crippen molar-refractivity contribution in [2.24, 2.45) is 17.3 Å². The molecule has 0 aromatic heterocycles. The summed E-state index contributed by atoms with van der Waals surface area (Å²) in [5.74, 6) is -0.158. The van der Waals surface area contributed by atoms with Crippen LogP contribution in [0.3, 0.4) is 0 Å². The molecule has 0 radical (unpaired) electrons. The number of halogens is 2. The van der Waals surface area contributed by atoms with Gasteiger partial charge in [-0.1, -0.05) is 11.6 Å². The lowest BCUT2D eigenvalue weighted by atomic mass is 9.49. The van der Waals surface area contributed by atoms with Crippen LogP contribution in [0.4, 0.5) is 11.4 Å². The van der Waals surface area contributed by atoms with Gasteiger partial charge in [0.05, 0.1) is 10.3 Å². The highest BCUT2D eigenvalue weighted by atomic mass is 35.5. The van der Waals surface area contributed by atoms with Crippen LogP contribution >= 0.6 is 23.2 Å². The van der Waals surface area contributed by atoms with Crippen molar-refractivity contribution in [2.45, 2.75) is 43.4 Å². The highest BCUT2D eigenvalue weighted by molar-refractivity contribution is 6.31. The lowest BCUT2D eigenvalue weighted by molar-refractivity contribution is -0.383. The first-order valence-corrected chi connectivity index (χ1v) is 10.0. The largest absolute Gasteiger partial charge is 0.455 e. The number of anilines is 1. The van der Waals surface area contributed by atoms with Crippen molar-refractivity contribution >= 4 is 46.5 Å². The van der Waals surface area contributed by atoms with Crippen molar-refractivity contribution in [3.05, 3.63) is 33.3 Å². The Morgan fingerprint density at radius 2 is 1.93 bits per heavy atom. The monoisotopic (exact) mass is 426 g/mol. The van der Waals surface area contributed by atoms with Crippen LogP contribution in [0.15, 0.2) is 18.2 Å². The fourth-order valence-corrected chi connectivity index (χ4v) is 6.49. The number of benzene rings is 1. The minimum atomic E-state index is -0.649. The predicted octanol–water partition coefficient (Wildman–Crippen LogP) is 4.31. The molecule has 7 nitrogen and oxygen atoms in total. The van der Waals surface area contributed by atoms with Crippen molar-refractivity contribution in [2.75, 3.05) is 11.9 Å². The Kier molecular flexibility index (Phi) is 4.78. The molecule has 0 aliphatic heterocycles. The summed E-state index contributed by atoms with van der Waals surface area (Å²) in [6, 6.07) is 3.86. The zero-order valence-corrected chi connectivity index (χ0v) is 16.6. The van der Waals surface area contributed by atoms with Gasteiger partial charge in [-0.05, 0) is 62.5 Å². The molecule has 2 unspecified atom stereocenters. The van der Waals surface area contributed by atoms with E-state index in [2.05, 4.69) is 5.32 Å². The molecule has 28 heavy (non-hydrogen) atoms. The molecule has 4 bridgehead atoms. The molecular weight excluding hydrogens is 407 g/mol. The lowest BCUT2D eigenvalue weighted by Gasteiger charge is -2.58. The molecule has 9 heteroatoms. The summed E-state index contributed by atoms with van der Waals surface area (Å²) in [7, 11) is 0. The van der Waals surface area contributed by atoms with E-state index >= 15 is 0 Å². The third-order valence-electron chi connectivity index (χ3n) is 6.19. The first kappa shape index (κ1) is 19.5. The van der Waals surface area contributed by atoms with E-state index in [0.717, 1.165) is 32.1 Å². The van der Waals surface area contributed by atoms with Gasteiger partial charge in [0, 0.05) is 16.0 Å². The number of carbonyl (C=O) groups is 2. The summed E-state index contributed by atoms with van der Waals surface area (Å²) < 4.78 is 5.32. The van der Waals surface area contributed by atoms with Crippen LogP contribution in [0.5, 0.6) is 0 Å². The molecule has 4 aliphatic carbocycles. The molecule has 4 aliphatic rings. The number of amides is 1. The van der Waals surface area contributed by atoms with E-state index < -0.39 is 22.9 Å². The maximum Gasteiger partial charge on any atom is 0.312 e. The van der Waals surface area contributed by atoms with Gasteiger partial charge < -0.3 is 10.1 Å². The van der Waals surface area contributed by atoms with E-state index in [0.29, 0.717) is 18.3 Å². The Morgan fingerprint density at radius 1 is 1.25 bits per heavy atom. The van der Waals surface area contributed by atoms with Gasteiger partial charge in [-0.3, -0.25) is 19.7 Å². The Bertz CT molecular complexity index is 845. The number of nitro benzene ring substituents is 1. The topological polar surface area (TPSA) is 98.5 Å². The second kappa shape index (κ2) is 6.88. The molecular formula is C19H20Cl2N2O5. The van der Waals surface area contributed by atoms with Gasteiger partial charge in [-0.25, -0.2) is 0 Å². The second-order valence-electron chi connectivity index (χ2n) is 8.44. The maximum atomic E-state index is 12.8. The highest BCUT2D eigenvalue weighted by Gasteiger charge is 2.60. The van der Waals surface area contributed by atoms with Crippen LogP contribution in [0.25, 0.3) is 0 Å². The molecule has 0 saturated heterocycles. The van der Waals surface area contributed by atoms with Gasteiger partial charge in [0.2, 0.25) is 0 Å². The van der Waals surface area contributed by atoms with Crippen LogP contribution in [0.2, 0.25) is 5.02 Å². The number of alkyl halides is 1. The first-order chi connectivity index (χ1) is 13.2. The molecule has 1 amide bonds. The molecule has 1 aromatic rings. The number of carbonyl (C=O) groups excluding carboxylic acids is 2. The van der Waals surface area contributed by atoms with Gasteiger partial charge in [0.1, 0.15) is 5.69 Å². The van der Waals surface area contributed by atoms with Crippen molar-refractivity contribution < 1.29 is 19.2 Å². The van der Waals surface area contributed by atoms with E-state index in [1.54, 1.807) is 0 Å². The van der Waals surface area contributed by atoms with Gasteiger partial charge >= 0.3 is 5.97 Å². The van der Waals surface area contributed by atoms with Crippen LogP contribution in [-0.4, -0.2) is 28.3 Å².